The first kappa shape index (κ1) is 13.6. The number of aryl methyl sites for hydroxylation is 1. The van der Waals surface area contributed by atoms with E-state index in [1.165, 1.54) is 12.0 Å². The van der Waals surface area contributed by atoms with Crippen LogP contribution < -0.4 is 10.6 Å². The molecule has 1 aromatic rings. The molecular formula is C16H22N2O2. The van der Waals surface area contributed by atoms with Gasteiger partial charge in [-0.2, -0.15) is 0 Å². The maximum atomic E-state index is 12.3. The summed E-state index contributed by atoms with van der Waals surface area (Å²) in [4.78, 5) is 12.3. The lowest BCUT2D eigenvalue weighted by molar-refractivity contribution is -0.119. The third kappa shape index (κ3) is 2.58. The average molecular weight is 274 g/mol. The van der Waals surface area contributed by atoms with Crippen LogP contribution in [0, 0.1) is 0 Å². The predicted molar refractivity (Wildman–Crippen MR) is 78.8 cm³/mol. The molecule has 0 aromatic heterocycles. The van der Waals surface area contributed by atoms with Gasteiger partial charge < -0.3 is 15.4 Å². The molecule has 4 nitrogen and oxygen atoms in total. The summed E-state index contributed by atoms with van der Waals surface area (Å²) < 4.78 is 5.60. The Balaban J connectivity index is 1.63. The summed E-state index contributed by atoms with van der Waals surface area (Å²) in [5.74, 6) is 0.0699. The minimum Gasteiger partial charge on any atom is -0.377 e. The summed E-state index contributed by atoms with van der Waals surface area (Å²) in [7, 11) is 1.77. The van der Waals surface area contributed by atoms with Gasteiger partial charge in [-0.3, -0.25) is 4.79 Å². The highest BCUT2D eigenvalue weighted by Crippen LogP contribution is 2.34. The molecule has 1 saturated carbocycles. The molecule has 0 saturated heterocycles. The molecule has 1 fully saturated rings. The Hall–Kier alpha value is -1.39. The Kier molecular flexibility index (Phi) is 3.76. The van der Waals surface area contributed by atoms with Gasteiger partial charge in [0.25, 0.3) is 0 Å². The number of carbonyl (C=O) groups excluding carboxylic acids is 1. The number of ether oxygens (including phenoxy) is 1. The lowest BCUT2D eigenvalue weighted by Gasteiger charge is -2.41. The summed E-state index contributed by atoms with van der Waals surface area (Å²) in [6, 6.07) is 7.91. The molecule has 2 aliphatic rings. The SMILES string of the molecule is COC1(CNC2CCc3ccccc3NC2=O)CCC1. The molecule has 3 rings (SSSR count). The Morgan fingerprint density at radius 1 is 1.40 bits per heavy atom. The summed E-state index contributed by atoms with van der Waals surface area (Å²) >= 11 is 0. The summed E-state index contributed by atoms with van der Waals surface area (Å²) in [5.41, 5.74) is 2.13. The molecule has 2 N–H and O–H groups in total. The van der Waals surface area contributed by atoms with Crippen LogP contribution in [0.25, 0.3) is 0 Å². The number of amides is 1. The second-order valence-corrected chi connectivity index (χ2v) is 5.86. The van der Waals surface area contributed by atoms with Crippen LogP contribution in [-0.2, 0) is 16.0 Å². The number of fused-ring (bicyclic) bond motifs is 1. The Labute approximate surface area is 119 Å². The standard InChI is InChI=1S/C16H22N2O2/c1-20-16(9-4-10-16)11-17-14-8-7-12-5-2-3-6-13(12)18-15(14)19/h2-3,5-6,14,17H,4,7-11H2,1H3,(H,18,19). The van der Waals surface area contributed by atoms with Crippen molar-refractivity contribution in [1.29, 1.82) is 0 Å². The van der Waals surface area contributed by atoms with Crippen LogP contribution in [0.5, 0.6) is 0 Å². The third-order valence-electron chi connectivity index (χ3n) is 4.66. The highest BCUT2D eigenvalue weighted by Gasteiger charge is 2.38. The zero-order valence-corrected chi connectivity index (χ0v) is 11.9. The van der Waals surface area contributed by atoms with E-state index < -0.39 is 0 Å². The van der Waals surface area contributed by atoms with Gasteiger partial charge in [0.15, 0.2) is 0 Å². The zero-order valence-electron chi connectivity index (χ0n) is 11.9. The fraction of sp³-hybridized carbons (Fsp3) is 0.562. The number of benzene rings is 1. The minimum atomic E-state index is -0.130. The van der Waals surface area contributed by atoms with Crippen LogP contribution in [0.4, 0.5) is 5.69 Å². The summed E-state index contributed by atoms with van der Waals surface area (Å²) in [6.45, 7) is 0.762. The molecule has 0 radical (unpaired) electrons. The van der Waals surface area contributed by atoms with Gasteiger partial charge in [-0.25, -0.2) is 0 Å². The smallest absolute Gasteiger partial charge is 0.241 e. The van der Waals surface area contributed by atoms with Gasteiger partial charge in [0, 0.05) is 19.3 Å². The quantitative estimate of drug-likeness (QED) is 0.884. The molecule has 1 unspecified atom stereocenters. The monoisotopic (exact) mass is 274 g/mol. The predicted octanol–water partition coefficient (Wildman–Crippen LogP) is 2.10. The van der Waals surface area contributed by atoms with Crippen LogP contribution in [0.15, 0.2) is 24.3 Å². The first-order valence-electron chi connectivity index (χ1n) is 7.40. The van der Waals surface area contributed by atoms with Crippen molar-refractivity contribution in [2.45, 2.75) is 43.7 Å². The van der Waals surface area contributed by atoms with Crippen molar-refractivity contribution in [3.63, 3.8) is 0 Å². The van der Waals surface area contributed by atoms with Crippen LogP contribution >= 0.6 is 0 Å². The first-order chi connectivity index (χ1) is 9.72. The van der Waals surface area contributed by atoms with Gasteiger partial charge >= 0.3 is 0 Å². The normalized spacial score (nSPS) is 24.2. The van der Waals surface area contributed by atoms with E-state index in [1.54, 1.807) is 7.11 Å². The maximum absolute atomic E-state index is 12.3. The number of hydrogen-bond donors (Lipinski definition) is 2. The van der Waals surface area contributed by atoms with E-state index in [9.17, 15) is 4.79 Å². The number of para-hydroxylation sites is 1. The fourth-order valence-electron chi connectivity index (χ4n) is 3.04. The van der Waals surface area contributed by atoms with Crippen molar-refractivity contribution in [3.8, 4) is 0 Å². The number of hydrogen-bond acceptors (Lipinski definition) is 3. The van der Waals surface area contributed by atoms with Crippen LogP contribution in [-0.4, -0.2) is 31.2 Å². The molecule has 1 atom stereocenters. The lowest BCUT2D eigenvalue weighted by atomic mass is 9.80. The Bertz CT molecular complexity index is 491. The van der Waals surface area contributed by atoms with Crippen LogP contribution in [0.2, 0.25) is 0 Å². The number of carbonyl (C=O) groups is 1. The Morgan fingerprint density at radius 3 is 2.90 bits per heavy atom. The van der Waals surface area contributed by atoms with Crippen LogP contribution in [0.3, 0.4) is 0 Å². The van der Waals surface area contributed by atoms with Gasteiger partial charge in [-0.1, -0.05) is 18.2 Å². The third-order valence-corrected chi connectivity index (χ3v) is 4.66. The van der Waals surface area contributed by atoms with Gasteiger partial charge in [-0.15, -0.1) is 0 Å². The van der Waals surface area contributed by atoms with E-state index in [-0.39, 0.29) is 17.6 Å². The minimum absolute atomic E-state index is 0.0422. The lowest BCUT2D eigenvalue weighted by Crippen LogP contribution is -2.52. The first-order valence-corrected chi connectivity index (χ1v) is 7.40. The zero-order chi connectivity index (χ0) is 14.0. The van der Waals surface area contributed by atoms with E-state index >= 15 is 0 Å². The number of methoxy groups -OCH3 is 1. The summed E-state index contributed by atoms with van der Waals surface area (Å²) in [5, 5.41) is 6.42. The van der Waals surface area contributed by atoms with Crippen LogP contribution in [0.1, 0.15) is 31.2 Å². The van der Waals surface area contributed by atoms with E-state index in [0.29, 0.717) is 0 Å². The Morgan fingerprint density at radius 2 is 2.20 bits per heavy atom. The molecule has 20 heavy (non-hydrogen) atoms. The number of rotatable bonds is 4. The van der Waals surface area contributed by atoms with E-state index in [1.807, 2.05) is 18.2 Å². The van der Waals surface area contributed by atoms with Gasteiger partial charge in [0.05, 0.1) is 11.6 Å². The van der Waals surface area contributed by atoms with Crippen molar-refractivity contribution >= 4 is 11.6 Å². The largest absolute Gasteiger partial charge is 0.377 e. The second-order valence-electron chi connectivity index (χ2n) is 5.86. The maximum Gasteiger partial charge on any atom is 0.241 e. The van der Waals surface area contributed by atoms with Gasteiger partial charge in [-0.05, 0) is 43.7 Å². The van der Waals surface area contributed by atoms with E-state index in [0.717, 1.165) is 37.9 Å². The molecule has 1 aromatic carbocycles. The van der Waals surface area contributed by atoms with Crippen molar-refractivity contribution in [2.75, 3.05) is 19.0 Å². The average Bonchev–Trinajstić information content (AvgIpc) is 2.57. The van der Waals surface area contributed by atoms with Gasteiger partial charge in [0.2, 0.25) is 5.91 Å². The molecule has 1 aliphatic heterocycles. The summed E-state index contributed by atoms with van der Waals surface area (Å²) in [6.07, 6.45) is 5.16. The van der Waals surface area contributed by atoms with Gasteiger partial charge in [0.1, 0.15) is 0 Å². The van der Waals surface area contributed by atoms with Crippen molar-refractivity contribution < 1.29 is 9.53 Å². The molecule has 1 aliphatic carbocycles. The highest BCUT2D eigenvalue weighted by atomic mass is 16.5. The van der Waals surface area contributed by atoms with Crippen molar-refractivity contribution in [2.24, 2.45) is 0 Å². The highest BCUT2D eigenvalue weighted by molar-refractivity contribution is 5.96. The topological polar surface area (TPSA) is 50.4 Å². The second kappa shape index (κ2) is 5.54. The number of anilines is 1. The molecular weight excluding hydrogens is 252 g/mol. The number of nitrogens with one attached hydrogen (secondary N) is 2. The molecule has 0 spiro atoms. The molecule has 1 amide bonds. The van der Waals surface area contributed by atoms with E-state index in [4.69, 9.17) is 4.74 Å². The molecule has 0 bridgehead atoms. The molecule has 1 heterocycles. The fourth-order valence-corrected chi connectivity index (χ4v) is 3.04. The molecule has 4 heteroatoms. The van der Waals surface area contributed by atoms with E-state index in [2.05, 4.69) is 16.7 Å². The van der Waals surface area contributed by atoms with Crippen molar-refractivity contribution in [3.05, 3.63) is 29.8 Å². The molecule has 108 valence electrons. The van der Waals surface area contributed by atoms with Crippen molar-refractivity contribution in [1.82, 2.24) is 5.32 Å².